The van der Waals surface area contributed by atoms with E-state index in [0.29, 0.717) is 32.0 Å². The molecule has 172 valence electrons. The van der Waals surface area contributed by atoms with Gasteiger partial charge in [-0.1, -0.05) is 17.7 Å². The molecule has 4 rings (SSSR count). The maximum Gasteiger partial charge on any atom is 0.321 e. The summed E-state index contributed by atoms with van der Waals surface area (Å²) in [7, 11) is 1.63. The second kappa shape index (κ2) is 9.77. The first kappa shape index (κ1) is 22.4. The van der Waals surface area contributed by atoms with Gasteiger partial charge in [0.25, 0.3) is 0 Å². The van der Waals surface area contributed by atoms with Crippen LogP contribution in [0.3, 0.4) is 0 Å². The van der Waals surface area contributed by atoms with E-state index in [1.807, 2.05) is 55.1 Å². The molecule has 0 atom stereocenters. The monoisotopic (exact) mass is 446 g/mol. The number of anilines is 4. The van der Waals surface area contributed by atoms with E-state index in [1.54, 1.807) is 7.11 Å². The molecule has 2 aromatic carbocycles. The number of amides is 2. The largest absolute Gasteiger partial charge is 0.497 e. The molecule has 0 aliphatic carbocycles. The number of nitrogens with zero attached hydrogens (tertiary/aromatic N) is 4. The van der Waals surface area contributed by atoms with Crippen LogP contribution in [0.1, 0.15) is 17.0 Å². The number of aromatic nitrogens is 2. The van der Waals surface area contributed by atoms with E-state index >= 15 is 0 Å². The molecular weight excluding hydrogens is 416 g/mol. The lowest BCUT2D eigenvalue weighted by atomic mass is 10.2. The average molecular weight is 447 g/mol. The molecule has 1 aromatic heterocycles. The van der Waals surface area contributed by atoms with E-state index in [2.05, 4.69) is 44.6 Å². The van der Waals surface area contributed by atoms with Gasteiger partial charge in [-0.05, 0) is 56.7 Å². The molecule has 2 N–H and O–H groups in total. The van der Waals surface area contributed by atoms with Crippen molar-refractivity contribution in [1.29, 1.82) is 0 Å². The Morgan fingerprint density at radius 3 is 2.33 bits per heavy atom. The molecule has 1 aliphatic heterocycles. The van der Waals surface area contributed by atoms with Gasteiger partial charge in [0.05, 0.1) is 7.11 Å². The van der Waals surface area contributed by atoms with Crippen LogP contribution in [0.25, 0.3) is 0 Å². The fraction of sp³-hybridized carbons (Fsp3) is 0.320. The highest BCUT2D eigenvalue weighted by Gasteiger charge is 2.23. The highest BCUT2D eigenvalue weighted by Crippen LogP contribution is 2.23. The minimum atomic E-state index is -0.0940. The van der Waals surface area contributed by atoms with Crippen molar-refractivity contribution in [2.75, 3.05) is 48.8 Å². The molecule has 3 aromatic rings. The van der Waals surface area contributed by atoms with Crippen LogP contribution in [0.4, 0.5) is 27.8 Å². The Morgan fingerprint density at radius 2 is 1.67 bits per heavy atom. The zero-order valence-electron chi connectivity index (χ0n) is 19.6. The normalized spacial score (nSPS) is 13.6. The Hall–Kier alpha value is -3.81. The number of carbonyl (C=O) groups excluding carboxylic acids is 1. The van der Waals surface area contributed by atoms with Crippen molar-refractivity contribution in [1.82, 2.24) is 14.9 Å². The van der Waals surface area contributed by atoms with E-state index in [1.165, 1.54) is 5.56 Å². The molecule has 0 unspecified atom stereocenters. The number of piperazine rings is 1. The summed E-state index contributed by atoms with van der Waals surface area (Å²) in [5, 5.41) is 6.37. The maximum atomic E-state index is 12.8. The van der Waals surface area contributed by atoms with Crippen LogP contribution in [-0.2, 0) is 0 Å². The van der Waals surface area contributed by atoms with Gasteiger partial charge in [0, 0.05) is 43.6 Å². The molecule has 33 heavy (non-hydrogen) atoms. The van der Waals surface area contributed by atoms with Crippen LogP contribution >= 0.6 is 0 Å². The Labute approximate surface area is 194 Å². The van der Waals surface area contributed by atoms with Gasteiger partial charge in [0.1, 0.15) is 23.2 Å². The third kappa shape index (κ3) is 5.52. The highest BCUT2D eigenvalue weighted by molar-refractivity contribution is 5.90. The van der Waals surface area contributed by atoms with Gasteiger partial charge >= 0.3 is 6.03 Å². The van der Waals surface area contributed by atoms with Crippen molar-refractivity contribution < 1.29 is 9.53 Å². The number of nitrogens with one attached hydrogen (secondary N) is 2. The minimum absolute atomic E-state index is 0.0940. The summed E-state index contributed by atoms with van der Waals surface area (Å²) in [5.41, 5.74) is 3.96. The standard InChI is InChI=1S/C25H30N6O2/c1-17-5-7-20(8-6-17)28-23-16-24(27-19(3)26-23)30-11-13-31(14-12-30)25(32)29-22-10-9-21(33-4)15-18(22)2/h5-10,15-16H,11-14H2,1-4H3,(H,29,32)(H,26,27,28). The maximum absolute atomic E-state index is 12.8. The predicted molar refractivity (Wildman–Crippen MR) is 132 cm³/mol. The Morgan fingerprint density at radius 1 is 0.939 bits per heavy atom. The first-order valence-electron chi connectivity index (χ1n) is 11.1. The van der Waals surface area contributed by atoms with E-state index < -0.39 is 0 Å². The quantitative estimate of drug-likeness (QED) is 0.600. The zero-order chi connectivity index (χ0) is 23.4. The Kier molecular flexibility index (Phi) is 6.63. The smallest absolute Gasteiger partial charge is 0.321 e. The van der Waals surface area contributed by atoms with E-state index in [4.69, 9.17) is 4.74 Å². The molecule has 1 aliphatic rings. The molecule has 2 heterocycles. The van der Waals surface area contributed by atoms with Crippen LogP contribution in [0.2, 0.25) is 0 Å². The molecule has 2 amide bonds. The summed E-state index contributed by atoms with van der Waals surface area (Å²) in [6.07, 6.45) is 0. The number of urea groups is 1. The number of ether oxygens (including phenoxy) is 1. The molecule has 8 nitrogen and oxygen atoms in total. The van der Waals surface area contributed by atoms with Crippen LogP contribution in [0.5, 0.6) is 5.75 Å². The van der Waals surface area contributed by atoms with Crippen molar-refractivity contribution in [2.45, 2.75) is 20.8 Å². The van der Waals surface area contributed by atoms with Gasteiger partial charge in [0.15, 0.2) is 0 Å². The van der Waals surface area contributed by atoms with Gasteiger partial charge in [-0.15, -0.1) is 0 Å². The average Bonchev–Trinajstić information content (AvgIpc) is 2.81. The lowest BCUT2D eigenvalue weighted by Crippen LogP contribution is -2.50. The van der Waals surface area contributed by atoms with E-state index in [0.717, 1.165) is 34.3 Å². The SMILES string of the molecule is COc1ccc(NC(=O)N2CCN(c3cc(Nc4ccc(C)cc4)nc(C)n3)CC2)c(C)c1. The third-order valence-corrected chi connectivity index (χ3v) is 5.71. The van der Waals surface area contributed by atoms with Gasteiger partial charge in [-0.25, -0.2) is 14.8 Å². The van der Waals surface area contributed by atoms with Crippen LogP contribution in [-0.4, -0.2) is 54.2 Å². The molecule has 8 heteroatoms. The van der Waals surface area contributed by atoms with E-state index in [-0.39, 0.29) is 6.03 Å². The number of hydrogen-bond acceptors (Lipinski definition) is 6. The summed E-state index contributed by atoms with van der Waals surface area (Å²) in [6, 6.07) is 15.7. The topological polar surface area (TPSA) is 82.6 Å². The van der Waals surface area contributed by atoms with Crippen LogP contribution < -0.4 is 20.3 Å². The number of hydrogen-bond donors (Lipinski definition) is 2. The first-order chi connectivity index (χ1) is 15.9. The summed E-state index contributed by atoms with van der Waals surface area (Å²) in [6.45, 7) is 8.55. The highest BCUT2D eigenvalue weighted by atomic mass is 16.5. The lowest BCUT2D eigenvalue weighted by Gasteiger charge is -2.35. The summed E-state index contributed by atoms with van der Waals surface area (Å²) in [4.78, 5) is 26.0. The van der Waals surface area contributed by atoms with Crippen molar-refractivity contribution in [3.05, 3.63) is 65.5 Å². The van der Waals surface area contributed by atoms with Gasteiger partial charge in [-0.2, -0.15) is 0 Å². The summed E-state index contributed by atoms with van der Waals surface area (Å²) < 4.78 is 5.24. The molecule has 1 saturated heterocycles. The fourth-order valence-electron chi connectivity index (χ4n) is 3.80. The van der Waals surface area contributed by atoms with Crippen molar-refractivity contribution >= 4 is 29.0 Å². The molecule has 0 radical (unpaired) electrons. The Balaban J connectivity index is 1.37. The number of carbonyl (C=O) groups is 1. The van der Waals surface area contributed by atoms with Gasteiger partial charge in [-0.3, -0.25) is 0 Å². The fourth-order valence-corrected chi connectivity index (χ4v) is 3.80. The zero-order valence-corrected chi connectivity index (χ0v) is 19.6. The van der Waals surface area contributed by atoms with Crippen molar-refractivity contribution in [2.24, 2.45) is 0 Å². The molecule has 1 fully saturated rings. The summed E-state index contributed by atoms with van der Waals surface area (Å²) >= 11 is 0. The van der Waals surface area contributed by atoms with E-state index in [9.17, 15) is 4.79 Å². The minimum Gasteiger partial charge on any atom is -0.497 e. The first-order valence-corrected chi connectivity index (χ1v) is 11.1. The Bertz CT molecular complexity index is 1120. The number of benzene rings is 2. The van der Waals surface area contributed by atoms with Gasteiger partial charge in [0.2, 0.25) is 0 Å². The second-order valence-corrected chi connectivity index (χ2v) is 8.23. The number of methoxy groups -OCH3 is 1. The molecule has 0 spiro atoms. The molecule has 0 bridgehead atoms. The summed E-state index contributed by atoms with van der Waals surface area (Å²) in [5.74, 6) is 3.10. The lowest BCUT2D eigenvalue weighted by molar-refractivity contribution is 0.208. The second-order valence-electron chi connectivity index (χ2n) is 8.23. The van der Waals surface area contributed by atoms with Crippen LogP contribution in [0.15, 0.2) is 48.5 Å². The van der Waals surface area contributed by atoms with Crippen molar-refractivity contribution in [3.63, 3.8) is 0 Å². The van der Waals surface area contributed by atoms with Crippen LogP contribution in [0, 0.1) is 20.8 Å². The molecule has 0 saturated carbocycles. The third-order valence-electron chi connectivity index (χ3n) is 5.71. The van der Waals surface area contributed by atoms with Gasteiger partial charge < -0.3 is 25.2 Å². The number of aryl methyl sites for hydroxylation is 3. The number of rotatable bonds is 5. The predicted octanol–water partition coefficient (Wildman–Crippen LogP) is 4.51. The van der Waals surface area contributed by atoms with Crippen molar-refractivity contribution in [3.8, 4) is 5.75 Å². The molecular formula is C25H30N6O2.